The maximum atomic E-state index is 12.4. The number of amides is 2. The summed E-state index contributed by atoms with van der Waals surface area (Å²) in [7, 11) is 0. The van der Waals surface area contributed by atoms with Crippen molar-refractivity contribution in [2.45, 2.75) is 32.9 Å². The number of rotatable bonds is 2. The molecule has 0 saturated heterocycles. The Morgan fingerprint density at radius 2 is 2.23 bits per heavy atom. The molecule has 0 radical (unpaired) electrons. The Balaban J connectivity index is 1.70. The normalized spacial score (nSPS) is 17.2. The van der Waals surface area contributed by atoms with Gasteiger partial charge in [-0.15, -0.1) is 10.2 Å². The van der Waals surface area contributed by atoms with Gasteiger partial charge in [0, 0.05) is 25.0 Å². The molecule has 1 atom stereocenters. The number of hydrogen-bond donors (Lipinski definition) is 1. The molecule has 3 rings (SSSR count). The lowest BCUT2D eigenvalue weighted by Crippen LogP contribution is -2.45. The molecular formula is C14H17N5O2S. The van der Waals surface area contributed by atoms with Crippen molar-refractivity contribution in [3.8, 4) is 0 Å². The van der Waals surface area contributed by atoms with Crippen LogP contribution in [0.1, 0.15) is 30.6 Å². The molecule has 3 heterocycles. The third-order valence-corrected chi connectivity index (χ3v) is 4.77. The molecule has 7 nitrogen and oxygen atoms in total. The fourth-order valence-electron chi connectivity index (χ4n) is 2.58. The second kappa shape index (κ2) is 5.88. The minimum Gasteiger partial charge on any atom is -0.348 e. The number of nitrogens with one attached hydrogen (secondary N) is 1. The largest absolute Gasteiger partial charge is 0.348 e. The SMILES string of the molecule is CCc1nnc(NC(=O)C(=O)N2CCn3cccc3[C@H]2C)s1. The van der Waals surface area contributed by atoms with Crippen LogP contribution in [0.15, 0.2) is 18.3 Å². The van der Waals surface area contributed by atoms with Gasteiger partial charge in [-0.05, 0) is 25.5 Å². The highest BCUT2D eigenvalue weighted by atomic mass is 32.1. The van der Waals surface area contributed by atoms with Gasteiger partial charge in [-0.2, -0.15) is 0 Å². The van der Waals surface area contributed by atoms with E-state index < -0.39 is 11.8 Å². The van der Waals surface area contributed by atoms with Crippen LogP contribution < -0.4 is 5.32 Å². The van der Waals surface area contributed by atoms with Gasteiger partial charge in [-0.3, -0.25) is 14.9 Å². The molecule has 2 aromatic heterocycles. The number of aromatic nitrogens is 3. The van der Waals surface area contributed by atoms with Crippen molar-refractivity contribution in [2.75, 3.05) is 11.9 Å². The molecule has 0 bridgehead atoms. The predicted molar refractivity (Wildman–Crippen MR) is 82.5 cm³/mol. The van der Waals surface area contributed by atoms with Crippen molar-refractivity contribution in [1.82, 2.24) is 19.7 Å². The van der Waals surface area contributed by atoms with Gasteiger partial charge in [-0.1, -0.05) is 18.3 Å². The number of aryl methyl sites for hydroxylation is 1. The van der Waals surface area contributed by atoms with Gasteiger partial charge in [0.15, 0.2) is 0 Å². The van der Waals surface area contributed by atoms with E-state index in [0.29, 0.717) is 18.2 Å². The van der Waals surface area contributed by atoms with Gasteiger partial charge >= 0.3 is 11.8 Å². The summed E-state index contributed by atoms with van der Waals surface area (Å²) in [4.78, 5) is 26.1. The molecule has 0 aromatic carbocycles. The van der Waals surface area contributed by atoms with E-state index in [2.05, 4.69) is 20.1 Å². The number of hydrogen-bond acceptors (Lipinski definition) is 5. The van der Waals surface area contributed by atoms with Crippen LogP contribution in [0.5, 0.6) is 0 Å². The highest BCUT2D eigenvalue weighted by Gasteiger charge is 2.31. The Hall–Kier alpha value is -2.22. The van der Waals surface area contributed by atoms with Gasteiger partial charge in [-0.25, -0.2) is 0 Å². The summed E-state index contributed by atoms with van der Waals surface area (Å²) in [6, 6.07) is 3.80. The van der Waals surface area contributed by atoms with E-state index in [0.717, 1.165) is 17.1 Å². The third-order valence-electron chi connectivity index (χ3n) is 3.79. The second-order valence-electron chi connectivity index (χ2n) is 5.11. The molecule has 0 spiro atoms. The van der Waals surface area contributed by atoms with Crippen LogP contribution in [0.4, 0.5) is 5.13 Å². The lowest BCUT2D eigenvalue weighted by atomic mass is 10.1. The first-order valence-electron chi connectivity index (χ1n) is 7.19. The van der Waals surface area contributed by atoms with E-state index >= 15 is 0 Å². The summed E-state index contributed by atoms with van der Waals surface area (Å²) in [6.45, 7) is 5.11. The Morgan fingerprint density at radius 1 is 1.41 bits per heavy atom. The summed E-state index contributed by atoms with van der Waals surface area (Å²) in [5, 5.41) is 11.5. The lowest BCUT2D eigenvalue weighted by molar-refractivity contribution is -0.145. The van der Waals surface area contributed by atoms with E-state index in [1.54, 1.807) is 4.90 Å². The van der Waals surface area contributed by atoms with E-state index in [1.165, 1.54) is 11.3 Å². The molecule has 116 valence electrons. The summed E-state index contributed by atoms with van der Waals surface area (Å²) in [6.07, 6.45) is 2.74. The lowest BCUT2D eigenvalue weighted by Gasteiger charge is -2.34. The summed E-state index contributed by atoms with van der Waals surface area (Å²) in [5.41, 5.74) is 1.04. The zero-order chi connectivity index (χ0) is 15.7. The Morgan fingerprint density at radius 3 is 2.95 bits per heavy atom. The zero-order valence-electron chi connectivity index (χ0n) is 12.4. The monoisotopic (exact) mass is 319 g/mol. The topological polar surface area (TPSA) is 80.1 Å². The number of carbonyl (C=O) groups excluding carboxylic acids is 2. The first-order chi connectivity index (χ1) is 10.6. The second-order valence-corrected chi connectivity index (χ2v) is 6.17. The molecule has 2 aromatic rings. The molecule has 0 saturated carbocycles. The van der Waals surface area contributed by atoms with Crippen molar-refractivity contribution >= 4 is 28.3 Å². The fourth-order valence-corrected chi connectivity index (χ4v) is 3.26. The van der Waals surface area contributed by atoms with Crippen molar-refractivity contribution in [2.24, 2.45) is 0 Å². The van der Waals surface area contributed by atoms with Crippen LogP contribution >= 0.6 is 11.3 Å². The summed E-state index contributed by atoms with van der Waals surface area (Å²) in [5.74, 6) is -1.20. The molecule has 2 amide bonds. The highest BCUT2D eigenvalue weighted by molar-refractivity contribution is 7.15. The van der Waals surface area contributed by atoms with Crippen LogP contribution in [0, 0.1) is 0 Å². The number of anilines is 1. The van der Waals surface area contributed by atoms with E-state index in [9.17, 15) is 9.59 Å². The average molecular weight is 319 g/mol. The first kappa shape index (κ1) is 14.7. The van der Waals surface area contributed by atoms with Gasteiger partial charge < -0.3 is 9.47 Å². The molecule has 0 aliphatic carbocycles. The van der Waals surface area contributed by atoms with Crippen LogP contribution in [0.25, 0.3) is 0 Å². The summed E-state index contributed by atoms with van der Waals surface area (Å²) < 4.78 is 2.10. The molecule has 1 aliphatic heterocycles. The molecule has 1 N–H and O–H groups in total. The molecule has 1 aliphatic rings. The molecule has 0 unspecified atom stereocenters. The standard InChI is InChI=1S/C14H17N5O2S/c1-3-11-16-17-14(22-11)15-12(20)13(21)19-8-7-18-6-4-5-10(18)9(19)2/h4-6,9H,3,7-8H2,1-2H3,(H,15,17,20)/t9-/m1/s1. The Labute approximate surface area is 132 Å². The fraction of sp³-hybridized carbons (Fsp3) is 0.429. The van der Waals surface area contributed by atoms with E-state index in [1.807, 2.05) is 32.2 Å². The molecule has 22 heavy (non-hydrogen) atoms. The average Bonchev–Trinajstić information content (AvgIpc) is 3.16. The van der Waals surface area contributed by atoms with Crippen LogP contribution in [-0.4, -0.2) is 38.0 Å². The molecule has 0 fully saturated rings. The van der Waals surface area contributed by atoms with Crippen molar-refractivity contribution in [3.05, 3.63) is 29.0 Å². The van der Waals surface area contributed by atoms with Crippen LogP contribution in [0.3, 0.4) is 0 Å². The first-order valence-corrected chi connectivity index (χ1v) is 8.01. The number of carbonyl (C=O) groups is 2. The highest BCUT2D eigenvalue weighted by Crippen LogP contribution is 2.25. The Bertz CT molecular complexity index is 708. The van der Waals surface area contributed by atoms with E-state index in [4.69, 9.17) is 0 Å². The van der Waals surface area contributed by atoms with Crippen molar-refractivity contribution in [3.63, 3.8) is 0 Å². The van der Waals surface area contributed by atoms with Gasteiger partial charge in [0.1, 0.15) is 5.01 Å². The van der Waals surface area contributed by atoms with Crippen molar-refractivity contribution in [1.29, 1.82) is 0 Å². The number of nitrogens with zero attached hydrogens (tertiary/aromatic N) is 4. The Kier molecular flexibility index (Phi) is 3.93. The third kappa shape index (κ3) is 2.61. The zero-order valence-corrected chi connectivity index (χ0v) is 13.3. The van der Waals surface area contributed by atoms with Crippen LogP contribution in [0.2, 0.25) is 0 Å². The minimum absolute atomic E-state index is 0.123. The van der Waals surface area contributed by atoms with Gasteiger partial charge in [0.2, 0.25) is 5.13 Å². The molecular weight excluding hydrogens is 302 g/mol. The van der Waals surface area contributed by atoms with Gasteiger partial charge in [0.25, 0.3) is 0 Å². The van der Waals surface area contributed by atoms with Gasteiger partial charge in [0.05, 0.1) is 6.04 Å². The minimum atomic E-state index is -0.661. The predicted octanol–water partition coefficient (Wildman–Crippen LogP) is 1.44. The molecule has 8 heteroatoms. The number of fused-ring (bicyclic) bond motifs is 1. The van der Waals surface area contributed by atoms with Crippen LogP contribution in [-0.2, 0) is 22.6 Å². The quantitative estimate of drug-likeness (QED) is 0.850. The summed E-state index contributed by atoms with van der Waals surface area (Å²) >= 11 is 1.29. The smallest absolute Gasteiger partial charge is 0.315 e. The maximum Gasteiger partial charge on any atom is 0.315 e. The maximum absolute atomic E-state index is 12.4. The van der Waals surface area contributed by atoms with Crippen molar-refractivity contribution < 1.29 is 9.59 Å². The van der Waals surface area contributed by atoms with E-state index in [-0.39, 0.29) is 6.04 Å².